The number of nitrogen functional groups attached to an aromatic ring is 1. The van der Waals surface area contributed by atoms with Crippen LogP contribution in [0.25, 0.3) is 0 Å². The van der Waals surface area contributed by atoms with Crippen LogP contribution in [0.4, 0.5) is 10.6 Å². The highest BCUT2D eigenvalue weighted by atomic mass is 35.5. The highest BCUT2D eigenvalue weighted by Crippen LogP contribution is 2.20. The van der Waals surface area contributed by atoms with Crippen molar-refractivity contribution in [3.63, 3.8) is 0 Å². The van der Waals surface area contributed by atoms with E-state index in [1.807, 2.05) is 0 Å². The number of nitrogens with two attached hydrogens (primary N) is 2. The summed E-state index contributed by atoms with van der Waals surface area (Å²) in [5.74, 6) is -2.04. The maximum atomic E-state index is 12.4. The Balaban J connectivity index is 2.13. The standard InChI is InChI=1S/C18H20ClN5O6/c1-23-15(20)14(16(27)24(2)18(23)29)12(25)8-30-13(26)7-11(22-17(21)28)9-3-5-10(19)6-4-9/h3-6,11H,7-8,20H2,1-2H3,(H3,21,22,28)/t11-/m0/s1. The van der Waals surface area contributed by atoms with E-state index in [4.69, 9.17) is 27.8 Å². The molecule has 0 saturated carbocycles. The van der Waals surface area contributed by atoms with Gasteiger partial charge in [0.2, 0.25) is 5.78 Å². The first-order chi connectivity index (χ1) is 14.0. The number of hydrogen-bond donors (Lipinski definition) is 3. The lowest BCUT2D eigenvalue weighted by atomic mass is 10.0. The maximum Gasteiger partial charge on any atom is 0.332 e. The Kier molecular flexibility index (Phi) is 7.01. The van der Waals surface area contributed by atoms with Crippen molar-refractivity contribution < 1.29 is 19.1 Å². The molecule has 2 amide bonds. The van der Waals surface area contributed by atoms with Crippen molar-refractivity contribution in [2.45, 2.75) is 12.5 Å². The fourth-order valence-corrected chi connectivity index (χ4v) is 2.81. The summed E-state index contributed by atoms with van der Waals surface area (Å²) in [6.07, 6.45) is -0.335. The molecule has 2 rings (SSSR count). The summed E-state index contributed by atoms with van der Waals surface area (Å²) in [5, 5.41) is 2.86. The average Bonchev–Trinajstić information content (AvgIpc) is 2.69. The molecule has 1 aromatic carbocycles. The van der Waals surface area contributed by atoms with Gasteiger partial charge in [-0.3, -0.25) is 23.5 Å². The van der Waals surface area contributed by atoms with Gasteiger partial charge in [0.1, 0.15) is 11.4 Å². The van der Waals surface area contributed by atoms with Crippen LogP contribution in [0.3, 0.4) is 0 Å². The SMILES string of the molecule is Cn1c(N)c(C(=O)COC(=O)C[C@H](NC(N)=O)c2ccc(Cl)cc2)c(=O)n(C)c1=O. The van der Waals surface area contributed by atoms with Crippen molar-refractivity contribution in [1.29, 1.82) is 0 Å². The van der Waals surface area contributed by atoms with Gasteiger partial charge in [0, 0.05) is 19.1 Å². The Morgan fingerprint density at radius 1 is 1.13 bits per heavy atom. The van der Waals surface area contributed by atoms with Crippen LogP contribution >= 0.6 is 11.6 Å². The number of anilines is 1. The normalized spacial score (nSPS) is 11.6. The molecule has 0 unspecified atom stereocenters. The van der Waals surface area contributed by atoms with Crippen LogP contribution in [0, 0.1) is 0 Å². The minimum absolute atomic E-state index is 0.335. The molecule has 0 aliphatic heterocycles. The van der Waals surface area contributed by atoms with Crippen LogP contribution in [-0.4, -0.2) is 33.5 Å². The first-order valence-corrected chi connectivity index (χ1v) is 8.96. The molecule has 160 valence electrons. The number of Topliss-reactive ketones (excluding diaryl/α,β-unsaturated/α-hetero) is 1. The summed E-state index contributed by atoms with van der Waals surface area (Å²) >= 11 is 5.83. The number of benzene rings is 1. The van der Waals surface area contributed by atoms with Crippen LogP contribution in [0.15, 0.2) is 33.9 Å². The van der Waals surface area contributed by atoms with E-state index in [2.05, 4.69) is 5.32 Å². The zero-order chi connectivity index (χ0) is 22.6. The van der Waals surface area contributed by atoms with E-state index in [9.17, 15) is 24.0 Å². The van der Waals surface area contributed by atoms with Crippen molar-refractivity contribution in [3.8, 4) is 0 Å². The summed E-state index contributed by atoms with van der Waals surface area (Å²) in [6, 6.07) is 4.64. The Hall–Kier alpha value is -3.60. The molecule has 0 bridgehead atoms. The topological polar surface area (TPSA) is 169 Å². The number of nitrogens with one attached hydrogen (secondary N) is 1. The van der Waals surface area contributed by atoms with Gasteiger partial charge in [-0.15, -0.1) is 0 Å². The van der Waals surface area contributed by atoms with Crippen LogP contribution in [0.1, 0.15) is 28.4 Å². The van der Waals surface area contributed by atoms with E-state index < -0.39 is 47.2 Å². The average molecular weight is 438 g/mol. The summed E-state index contributed by atoms with van der Waals surface area (Å²) in [5.41, 5.74) is 9.33. The Morgan fingerprint density at radius 2 is 1.73 bits per heavy atom. The number of carbonyl (C=O) groups excluding carboxylic acids is 3. The molecule has 5 N–H and O–H groups in total. The predicted molar refractivity (Wildman–Crippen MR) is 108 cm³/mol. The first kappa shape index (κ1) is 22.7. The second kappa shape index (κ2) is 9.27. The molecule has 1 aromatic heterocycles. The molecule has 0 fully saturated rings. The lowest BCUT2D eigenvalue weighted by Crippen LogP contribution is -2.42. The number of rotatable bonds is 7. The number of primary amides is 1. The monoisotopic (exact) mass is 437 g/mol. The number of ketones is 1. The van der Waals surface area contributed by atoms with Gasteiger partial charge >= 0.3 is 17.7 Å². The molecule has 2 aromatic rings. The zero-order valence-corrected chi connectivity index (χ0v) is 16.9. The lowest BCUT2D eigenvalue weighted by molar-refractivity contribution is -0.143. The van der Waals surface area contributed by atoms with Crippen molar-refractivity contribution in [3.05, 3.63) is 61.3 Å². The zero-order valence-electron chi connectivity index (χ0n) is 16.2. The fourth-order valence-electron chi connectivity index (χ4n) is 2.68. The molecule has 12 heteroatoms. The summed E-state index contributed by atoms with van der Waals surface area (Å²) in [6.45, 7) is -0.777. The van der Waals surface area contributed by atoms with Gasteiger partial charge in [0.05, 0.1) is 12.5 Å². The van der Waals surface area contributed by atoms with Crippen molar-refractivity contribution >= 4 is 35.2 Å². The molecule has 11 nitrogen and oxygen atoms in total. The molecule has 0 aliphatic rings. The smallest absolute Gasteiger partial charge is 0.332 e. The van der Waals surface area contributed by atoms with E-state index >= 15 is 0 Å². The van der Waals surface area contributed by atoms with E-state index in [1.54, 1.807) is 24.3 Å². The third-order valence-electron chi connectivity index (χ3n) is 4.31. The van der Waals surface area contributed by atoms with E-state index in [0.29, 0.717) is 10.6 Å². The number of nitrogens with zero attached hydrogens (tertiary/aromatic N) is 2. The minimum atomic E-state index is -0.897. The van der Waals surface area contributed by atoms with Gasteiger partial charge in [-0.2, -0.15) is 0 Å². The largest absolute Gasteiger partial charge is 0.457 e. The first-order valence-electron chi connectivity index (χ1n) is 8.58. The summed E-state index contributed by atoms with van der Waals surface area (Å²) < 4.78 is 6.59. The molecule has 0 saturated heterocycles. The van der Waals surface area contributed by atoms with E-state index in [-0.39, 0.29) is 12.2 Å². The predicted octanol–water partition coefficient (Wildman–Crippen LogP) is -0.155. The number of amides is 2. The molecular formula is C18H20ClN5O6. The number of esters is 1. The van der Waals surface area contributed by atoms with Crippen LogP contribution in [0.2, 0.25) is 5.02 Å². The number of aromatic nitrogens is 2. The molecule has 0 aliphatic carbocycles. The number of urea groups is 1. The van der Waals surface area contributed by atoms with Crippen LogP contribution in [0.5, 0.6) is 0 Å². The maximum absolute atomic E-state index is 12.4. The van der Waals surface area contributed by atoms with Crippen LogP contribution in [-0.2, 0) is 23.6 Å². The fraction of sp³-hybridized carbons (Fsp3) is 0.278. The quantitative estimate of drug-likeness (QED) is 0.399. The second-order valence-corrected chi connectivity index (χ2v) is 6.80. The van der Waals surface area contributed by atoms with Gasteiger partial charge in [0.25, 0.3) is 5.56 Å². The number of ether oxygens (including phenoxy) is 1. The van der Waals surface area contributed by atoms with Gasteiger partial charge in [-0.05, 0) is 17.7 Å². The van der Waals surface area contributed by atoms with Crippen molar-refractivity contribution in [2.75, 3.05) is 12.3 Å². The third kappa shape index (κ3) is 5.06. The Morgan fingerprint density at radius 3 is 2.30 bits per heavy atom. The van der Waals surface area contributed by atoms with Gasteiger partial charge < -0.3 is 21.5 Å². The van der Waals surface area contributed by atoms with Gasteiger partial charge in [-0.25, -0.2) is 9.59 Å². The van der Waals surface area contributed by atoms with E-state index in [0.717, 1.165) is 9.13 Å². The van der Waals surface area contributed by atoms with E-state index in [1.165, 1.54) is 14.1 Å². The molecule has 1 heterocycles. The third-order valence-corrected chi connectivity index (χ3v) is 4.56. The number of hydrogen-bond acceptors (Lipinski definition) is 7. The Bertz CT molecular complexity index is 1110. The van der Waals surface area contributed by atoms with Crippen molar-refractivity contribution in [2.24, 2.45) is 19.8 Å². The van der Waals surface area contributed by atoms with Gasteiger partial charge in [0.15, 0.2) is 6.61 Å². The highest BCUT2D eigenvalue weighted by molar-refractivity contribution is 6.30. The minimum Gasteiger partial charge on any atom is -0.457 e. The molecule has 0 spiro atoms. The van der Waals surface area contributed by atoms with Gasteiger partial charge in [-0.1, -0.05) is 23.7 Å². The lowest BCUT2D eigenvalue weighted by Gasteiger charge is -2.17. The number of halogens is 1. The van der Waals surface area contributed by atoms with Crippen LogP contribution < -0.4 is 28.0 Å². The Labute approximate surface area is 175 Å². The van der Waals surface area contributed by atoms with Crippen molar-refractivity contribution in [1.82, 2.24) is 14.5 Å². The highest BCUT2D eigenvalue weighted by Gasteiger charge is 2.23. The molecular weight excluding hydrogens is 418 g/mol. The molecule has 0 radical (unpaired) electrons. The molecule has 30 heavy (non-hydrogen) atoms. The molecule has 1 atom stereocenters. The number of carbonyl (C=O) groups is 3. The second-order valence-electron chi connectivity index (χ2n) is 6.37. The summed E-state index contributed by atoms with van der Waals surface area (Å²) in [7, 11) is 2.49. The summed E-state index contributed by atoms with van der Waals surface area (Å²) in [4.78, 5) is 59.9.